The van der Waals surface area contributed by atoms with Crippen LogP contribution in [0.4, 0.5) is 0 Å². The maximum absolute atomic E-state index is 12.3. The van der Waals surface area contributed by atoms with E-state index in [1.54, 1.807) is 5.38 Å². The number of hydrogen-bond donors (Lipinski definition) is 1. The van der Waals surface area contributed by atoms with Crippen LogP contribution in [0.5, 0.6) is 0 Å². The highest BCUT2D eigenvalue weighted by molar-refractivity contribution is 14.1. The standard InChI is InChI=1S/C12H14INO3S/c1-7-2-3-14(9(4-7)12(16)17)11(15)8-5-10(13)18-6-8/h5-7,9H,2-4H2,1H3,(H,16,17). The number of halogens is 1. The Bertz CT molecular complexity index is 474. The van der Waals surface area contributed by atoms with Gasteiger partial charge >= 0.3 is 5.97 Å². The molecule has 1 amide bonds. The van der Waals surface area contributed by atoms with Crippen molar-refractivity contribution in [3.05, 3.63) is 19.9 Å². The number of aliphatic carboxylic acids is 1. The molecule has 2 rings (SSSR count). The predicted octanol–water partition coefficient (Wildman–Crippen LogP) is 2.68. The minimum Gasteiger partial charge on any atom is -0.480 e. The van der Waals surface area contributed by atoms with Crippen molar-refractivity contribution in [1.82, 2.24) is 4.90 Å². The van der Waals surface area contributed by atoms with Gasteiger partial charge in [-0.2, -0.15) is 0 Å². The SMILES string of the molecule is CC1CCN(C(=O)c2csc(I)c2)C(C(=O)O)C1. The Labute approximate surface area is 123 Å². The molecule has 1 N–H and O–H groups in total. The van der Waals surface area contributed by atoms with Crippen LogP contribution in [0.15, 0.2) is 11.4 Å². The smallest absolute Gasteiger partial charge is 0.326 e. The van der Waals surface area contributed by atoms with Crippen molar-refractivity contribution in [2.75, 3.05) is 6.54 Å². The Morgan fingerprint density at radius 1 is 1.56 bits per heavy atom. The van der Waals surface area contributed by atoms with Crippen molar-refractivity contribution in [1.29, 1.82) is 0 Å². The van der Waals surface area contributed by atoms with Crippen LogP contribution in [-0.4, -0.2) is 34.5 Å². The number of carboxylic acid groups (broad SMARTS) is 1. The maximum atomic E-state index is 12.3. The molecular weight excluding hydrogens is 365 g/mol. The summed E-state index contributed by atoms with van der Waals surface area (Å²) in [6, 6.07) is 1.13. The molecule has 2 atom stereocenters. The van der Waals surface area contributed by atoms with Crippen LogP contribution < -0.4 is 0 Å². The summed E-state index contributed by atoms with van der Waals surface area (Å²) in [6.07, 6.45) is 1.42. The molecule has 1 aromatic heterocycles. The van der Waals surface area contributed by atoms with Crippen molar-refractivity contribution >= 4 is 45.8 Å². The molecule has 0 spiro atoms. The molecule has 0 saturated carbocycles. The molecule has 0 radical (unpaired) electrons. The summed E-state index contributed by atoms with van der Waals surface area (Å²) in [5.74, 6) is -0.703. The third-order valence-corrected chi connectivity index (χ3v) is 5.01. The molecule has 4 nitrogen and oxygen atoms in total. The highest BCUT2D eigenvalue weighted by Crippen LogP contribution is 2.26. The minimum atomic E-state index is -0.903. The summed E-state index contributed by atoms with van der Waals surface area (Å²) in [5.41, 5.74) is 0.602. The topological polar surface area (TPSA) is 57.6 Å². The van der Waals surface area contributed by atoms with E-state index in [1.807, 2.05) is 13.0 Å². The zero-order chi connectivity index (χ0) is 13.3. The van der Waals surface area contributed by atoms with Gasteiger partial charge in [0.2, 0.25) is 0 Å². The quantitative estimate of drug-likeness (QED) is 0.804. The monoisotopic (exact) mass is 379 g/mol. The van der Waals surface area contributed by atoms with E-state index in [4.69, 9.17) is 0 Å². The van der Waals surface area contributed by atoms with E-state index in [0.29, 0.717) is 24.4 Å². The zero-order valence-corrected chi connectivity index (χ0v) is 12.9. The molecule has 1 aliphatic rings. The number of likely N-dealkylation sites (tertiary alicyclic amines) is 1. The first-order valence-corrected chi connectivity index (χ1v) is 7.72. The highest BCUT2D eigenvalue weighted by atomic mass is 127. The van der Waals surface area contributed by atoms with E-state index >= 15 is 0 Å². The second-order valence-corrected chi connectivity index (χ2v) is 7.43. The number of piperidine rings is 1. The average molecular weight is 379 g/mol. The lowest BCUT2D eigenvalue weighted by Gasteiger charge is -2.35. The van der Waals surface area contributed by atoms with Crippen molar-refractivity contribution < 1.29 is 14.7 Å². The number of carbonyl (C=O) groups is 2. The number of carboxylic acids is 1. The molecule has 1 fully saturated rings. The van der Waals surface area contributed by atoms with Crippen molar-refractivity contribution in [3.63, 3.8) is 0 Å². The van der Waals surface area contributed by atoms with Gasteiger partial charge in [-0.1, -0.05) is 6.92 Å². The number of nitrogens with zero attached hydrogens (tertiary/aromatic N) is 1. The fraction of sp³-hybridized carbons (Fsp3) is 0.500. The number of amides is 1. The molecule has 18 heavy (non-hydrogen) atoms. The zero-order valence-electron chi connectivity index (χ0n) is 9.93. The fourth-order valence-electron chi connectivity index (χ4n) is 2.21. The largest absolute Gasteiger partial charge is 0.480 e. The van der Waals surface area contributed by atoms with Crippen molar-refractivity contribution in [2.45, 2.75) is 25.8 Å². The highest BCUT2D eigenvalue weighted by Gasteiger charge is 2.35. The Hall–Kier alpha value is -0.630. The molecule has 2 unspecified atom stereocenters. The van der Waals surface area contributed by atoms with Gasteiger partial charge in [-0.25, -0.2) is 4.79 Å². The third kappa shape index (κ3) is 2.85. The summed E-state index contributed by atoms with van der Waals surface area (Å²) in [6.45, 7) is 2.56. The van der Waals surface area contributed by atoms with Crippen LogP contribution in [0.1, 0.15) is 30.1 Å². The van der Waals surface area contributed by atoms with Crippen molar-refractivity contribution in [3.8, 4) is 0 Å². The molecule has 0 bridgehead atoms. The summed E-state index contributed by atoms with van der Waals surface area (Å²) in [5, 5.41) is 11.0. The van der Waals surface area contributed by atoms with E-state index in [0.717, 1.165) is 9.30 Å². The molecule has 2 heterocycles. The summed E-state index contributed by atoms with van der Waals surface area (Å²) in [7, 11) is 0. The van der Waals surface area contributed by atoms with E-state index in [1.165, 1.54) is 16.2 Å². The van der Waals surface area contributed by atoms with E-state index in [9.17, 15) is 14.7 Å². The van der Waals surface area contributed by atoms with Crippen LogP contribution in [0, 0.1) is 8.80 Å². The predicted molar refractivity (Wildman–Crippen MR) is 77.9 cm³/mol. The minimum absolute atomic E-state index is 0.159. The van der Waals surface area contributed by atoms with Crippen LogP contribution >= 0.6 is 33.9 Å². The summed E-state index contributed by atoms with van der Waals surface area (Å²) >= 11 is 3.66. The lowest BCUT2D eigenvalue weighted by Crippen LogP contribution is -2.49. The normalized spacial score (nSPS) is 24.0. The lowest BCUT2D eigenvalue weighted by atomic mass is 9.92. The Kier molecular flexibility index (Phi) is 4.26. The van der Waals surface area contributed by atoms with E-state index < -0.39 is 12.0 Å². The van der Waals surface area contributed by atoms with Crippen LogP contribution in [0.25, 0.3) is 0 Å². The second kappa shape index (κ2) is 5.56. The van der Waals surface area contributed by atoms with Gasteiger partial charge < -0.3 is 10.0 Å². The third-order valence-electron chi connectivity index (χ3n) is 3.22. The molecule has 98 valence electrons. The van der Waals surface area contributed by atoms with Gasteiger partial charge in [0.25, 0.3) is 5.91 Å². The number of hydrogen-bond acceptors (Lipinski definition) is 3. The van der Waals surface area contributed by atoms with Gasteiger partial charge in [0.05, 0.1) is 8.45 Å². The second-order valence-electron chi connectivity index (χ2n) is 4.62. The van der Waals surface area contributed by atoms with E-state index in [2.05, 4.69) is 22.6 Å². The molecule has 1 aliphatic heterocycles. The molecule has 6 heteroatoms. The molecular formula is C12H14INO3S. The molecule has 0 aliphatic carbocycles. The molecule has 0 aromatic carbocycles. The molecule has 1 aromatic rings. The molecule has 1 saturated heterocycles. The number of rotatable bonds is 2. The van der Waals surface area contributed by atoms with E-state index in [-0.39, 0.29) is 5.91 Å². The van der Waals surface area contributed by atoms with Gasteiger partial charge in [-0.05, 0) is 47.4 Å². The summed E-state index contributed by atoms with van der Waals surface area (Å²) in [4.78, 5) is 25.1. The lowest BCUT2D eigenvalue weighted by molar-refractivity contribution is -0.144. The summed E-state index contributed by atoms with van der Waals surface area (Å²) < 4.78 is 1.04. The van der Waals surface area contributed by atoms with Gasteiger partial charge in [-0.3, -0.25) is 4.79 Å². The van der Waals surface area contributed by atoms with Crippen LogP contribution in [0.2, 0.25) is 0 Å². The van der Waals surface area contributed by atoms with Gasteiger partial charge in [0.1, 0.15) is 6.04 Å². The van der Waals surface area contributed by atoms with Gasteiger partial charge in [-0.15, -0.1) is 11.3 Å². The van der Waals surface area contributed by atoms with Crippen LogP contribution in [0.3, 0.4) is 0 Å². The Morgan fingerprint density at radius 2 is 2.28 bits per heavy atom. The first kappa shape index (κ1) is 13.8. The maximum Gasteiger partial charge on any atom is 0.326 e. The average Bonchev–Trinajstić information content (AvgIpc) is 2.75. The Balaban J connectivity index is 2.20. The van der Waals surface area contributed by atoms with Crippen molar-refractivity contribution in [2.24, 2.45) is 5.92 Å². The number of carbonyl (C=O) groups excluding carboxylic acids is 1. The number of thiophene rings is 1. The van der Waals surface area contributed by atoms with Gasteiger partial charge in [0.15, 0.2) is 0 Å². The van der Waals surface area contributed by atoms with Gasteiger partial charge in [0, 0.05) is 11.9 Å². The first-order chi connectivity index (χ1) is 8.49. The first-order valence-electron chi connectivity index (χ1n) is 5.77. The Morgan fingerprint density at radius 3 is 2.83 bits per heavy atom. The van der Waals surface area contributed by atoms with Crippen LogP contribution in [-0.2, 0) is 4.79 Å². The fourth-order valence-corrected chi connectivity index (χ4v) is 3.53.